The van der Waals surface area contributed by atoms with E-state index in [1.54, 1.807) is 11.8 Å². The summed E-state index contributed by atoms with van der Waals surface area (Å²) in [7, 11) is 0. The number of unbranched alkanes of at least 4 members (excludes halogenated alkanes) is 3. The number of ketones is 1. The number of rotatable bonds is 13. The normalized spacial score (nSPS) is 20.9. The van der Waals surface area contributed by atoms with Crippen molar-refractivity contribution in [2.45, 2.75) is 89.4 Å². The molecule has 0 heterocycles. The van der Waals surface area contributed by atoms with Crippen molar-refractivity contribution >= 4 is 23.5 Å². The van der Waals surface area contributed by atoms with Crippen LogP contribution >= 0.6 is 11.8 Å². The number of carbonyl (C=O) groups excluding carboxylic acids is 2. The number of thioether (sulfide) groups is 1. The second-order valence-electron chi connectivity index (χ2n) is 8.88. The van der Waals surface area contributed by atoms with Crippen LogP contribution in [0, 0.1) is 12.8 Å². The number of Topliss-reactive ketones (excluding diaryl/α,β-unsaturated/α-hetero) is 1. The third kappa shape index (κ3) is 8.81. The first-order valence-corrected chi connectivity index (χ1v) is 12.4. The monoisotopic (exact) mass is 434 g/mol. The van der Waals surface area contributed by atoms with Crippen LogP contribution in [0.3, 0.4) is 0 Å². The molecule has 1 aromatic rings. The van der Waals surface area contributed by atoms with Crippen molar-refractivity contribution in [2.24, 2.45) is 5.92 Å². The molecule has 0 aromatic heterocycles. The number of ether oxygens (including phenoxy) is 1. The summed E-state index contributed by atoms with van der Waals surface area (Å²) < 4.78 is 4.95. The maximum atomic E-state index is 12.4. The smallest absolute Gasteiger partial charge is 0.305 e. The molecule has 2 rings (SSSR count). The molecule has 1 N–H and O–H groups in total. The zero-order valence-corrected chi connectivity index (χ0v) is 19.6. The zero-order chi connectivity index (χ0) is 22.0. The van der Waals surface area contributed by atoms with Gasteiger partial charge in [0.05, 0.1) is 12.2 Å². The molecule has 0 saturated heterocycles. The molecule has 0 aliphatic heterocycles. The standard InChI is InChI=1S/C25H38O4S/c1-4-29-24(27)10-8-6-5-7-9-21-22(26)15-16-23(21)30-18-25(3,28)17-20-13-11-19(2)12-14-20/h11-14,21,23,28H,4-10,15-18H2,1-3H3. The van der Waals surface area contributed by atoms with Gasteiger partial charge in [-0.2, -0.15) is 11.8 Å². The summed E-state index contributed by atoms with van der Waals surface area (Å²) in [5, 5.41) is 11.2. The fraction of sp³-hybridized carbons (Fsp3) is 0.680. The second-order valence-corrected chi connectivity index (χ2v) is 10.1. The second kappa shape index (κ2) is 12.5. The third-order valence-electron chi connectivity index (χ3n) is 5.80. The maximum Gasteiger partial charge on any atom is 0.305 e. The van der Waals surface area contributed by atoms with Crippen molar-refractivity contribution in [3.63, 3.8) is 0 Å². The number of aliphatic hydroxyl groups is 1. The number of benzene rings is 1. The number of esters is 1. The van der Waals surface area contributed by atoms with Crippen LogP contribution < -0.4 is 0 Å². The highest BCUT2D eigenvalue weighted by Gasteiger charge is 2.35. The van der Waals surface area contributed by atoms with Gasteiger partial charge in [0.25, 0.3) is 0 Å². The molecule has 0 amide bonds. The summed E-state index contributed by atoms with van der Waals surface area (Å²) in [6.45, 7) is 6.23. The summed E-state index contributed by atoms with van der Waals surface area (Å²) in [6.07, 6.45) is 7.58. The van der Waals surface area contributed by atoms with Crippen LogP contribution in [0.5, 0.6) is 0 Å². The molecule has 1 aromatic carbocycles. The van der Waals surface area contributed by atoms with Gasteiger partial charge in [-0.3, -0.25) is 9.59 Å². The van der Waals surface area contributed by atoms with Gasteiger partial charge in [0.1, 0.15) is 5.78 Å². The minimum Gasteiger partial charge on any atom is -0.466 e. The van der Waals surface area contributed by atoms with Crippen molar-refractivity contribution in [2.75, 3.05) is 12.4 Å². The topological polar surface area (TPSA) is 63.6 Å². The Hall–Kier alpha value is -1.33. The predicted octanol–water partition coefficient (Wildman–Crippen LogP) is 5.27. The molecule has 1 saturated carbocycles. The van der Waals surface area contributed by atoms with Crippen LogP contribution in [0.25, 0.3) is 0 Å². The lowest BCUT2D eigenvalue weighted by molar-refractivity contribution is -0.143. The molecule has 1 fully saturated rings. The van der Waals surface area contributed by atoms with E-state index in [1.807, 2.05) is 13.8 Å². The number of carbonyl (C=O) groups is 2. The van der Waals surface area contributed by atoms with E-state index in [9.17, 15) is 14.7 Å². The summed E-state index contributed by atoms with van der Waals surface area (Å²) in [6, 6.07) is 8.32. The SMILES string of the molecule is CCOC(=O)CCCCCCC1C(=O)CCC1SCC(C)(O)Cc1ccc(C)cc1. The fourth-order valence-electron chi connectivity index (χ4n) is 4.13. The van der Waals surface area contributed by atoms with Gasteiger partial charge in [0.2, 0.25) is 0 Å². The molecule has 0 bridgehead atoms. The van der Waals surface area contributed by atoms with Gasteiger partial charge in [-0.15, -0.1) is 0 Å². The van der Waals surface area contributed by atoms with E-state index in [0.29, 0.717) is 42.7 Å². The van der Waals surface area contributed by atoms with Crippen molar-refractivity contribution in [3.8, 4) is 0 Å². The van der Waals surface area contributed by atoms with Gasteiger partial charge in [-0.25, -0.2) is 0 Å². The highest BCUT2D eigenvalue weighted by molar-refractivity contribution is 8.00. The Kier molecular flexibility index (Phi) is 10.4. The van der Waals surface area contributed by atoms with Crippen molar-refractivity contribution in [1.29, 1.82) is 0 Å². The summed E-state index contributed by atoms with van der Waals surface area (Å²) in [5.41, 5.74) is 1.59. The minimum atomic E-state index is -0.775. The van der Waals surface area contributed by atoms with Gasteiger partial charge in [-0.05, 0) is 45.6 Å². The van der Waals surface area contributed by atoms with Crippen molar-refractivity contribution in [1.82, 2.24) is 0 Å². The fourth-order valence-corrected chi connectivity index (χ4v) is 5.61. The first-order valence-electron chi connectivity index (χ1n) is 11.4. The quantitative estimate of drug-likeness (QED) is 0.338. The Morgan fingerprint density at radius 1 is 1.20 bits per heavy atom. The molecule has 0 radical (unpaired) electrons. The first kappa shape index (κ1) is 24.9. The lowest BCUT2D eigenvalue weighted by Gasteiger charge is -2.26. The Balaban J connectivity index is 1.70. The van der Waals surface area contributed by atoms with Crippen LogP contribution in [0.4, 0.5) is 0 Å². The average molecular weight is 435 g/mol. The Bertz CT molecular complexity index is 668. The lowest BCUT2D eigenvalue weighted by atomic mass is 9.97. The minimum absolute atomic E-state index is 0.113. The van der Waals surface area contributed by atoms with E-state index in [-0.39, 0.29) is 11.9 Å². The van der Waals surface area contributed by atoms with Gasteiger partial charge in [-0.1, -0.05) is 49.1 Å². The highest BCUT2D eigenvalue weighted by atomic mass is 32.2. The third-order valence-corrected chi connectivity index (χ3v) is 7.58. The molecule has 5 heteroatoms. The van der Waals surface area contributed by atoms with E-state index >= 15 is 0 Å². The van der Waals surface area contributed by atoms with E-state index in [0.717, 1.165) is 44.1 Å². The Morgan fingerprint density at radius 2 is 1.90 bits per heavy atom. The molecule has 1 aliphatic carbocycles. The summed E-state index contributed by atoms with van der Waals surface area (Å²) >= 11 is 1.77. The zero-order valence-electron chi connectivity index (χ0n) is 18.8. The Morgan fingerprint density at radius 3 is 2.60 bits per heavy atom. The van der Waals surface area contributed by atoms with Crippen LogP contribution in [-0.4, -0.2) is 40.1 Å². The van der Waals surface area contributed by atoms with Gasteiger partial charge in [0.15, 0.2) is 0 Å². The maximum absolute atomic E-state index is 12.4. The lowest BCUT2D eigenvalue weighted by Crippen LogP contribution is -2.32. The molecule has 30 heavy (non-hydrogen) atoms. The van der Waals surface area contributed by atoms with Crippen molar-refractivity contribution in [3.05, 3.63) is 35.4 Å². The summed E-state index contributed by atoms with van der Waals surface area (Å²) in [4.78, 5) is 23.7. The Labute approximate surface area is 186 Å². The first-order chi connectivity index (χ1) is 14.3. The number of hydrogen-bond donors (Lipinski definition) is 1. The molecule has 3 atom stereocenters. The van der Waals surface area contributed by atoms with E-state index < -0.39 is 5.60 Å². The van der Waals surface area contributed by atoms with Crippen LogP contribution in [-0.2, 0) is 20.7 Å². The summed E-state index contributed by atoms with van der Waals surface area (Å²) in [5.74, 6) is 1.04. The average Bonchev–Trinajstić information content (AvgIpc) is 3.04. The van der Waals surface area contributed by atoms with E-state index in [1.165, 1.54) is 5.56 Å². The van der Waals surface area contributed by atoms with Gasteiger partial charge < -0.3 is 9.84 Å². The van der Waals surface area contributed by atoms with Gasteiger partial charge >= 0.3 is 5.97 Å². The molecular weight excluding hydrogens is 396 g/mol. The molecule has 168 valence electrons. The number of hydrogen-bond acceptors (Lipinski definition) is 5. The van der Waals surface area contributed by atoms with E-state index in [4.69, 9.17) is 4.74 Å². The molecule has 3 unspecified atom stereocenters. The van der Waals surface area contributed by atoms with Crippen LogP contribution in [0.15, 0.2) is 24.3 Å². The van der Waals surface area contributed by atoms with Crippen molar-refractivity contribution < 1.29 is 19.4 Å². The largest absolute Gasteiger partial charge is 0.466 e. The highest BCUT2D eigenvalue weighted by Crippen LogP contribution is 2.37. The van der Waals surface area contributed by atoms with Crippen LogP contribution in [0.1, 0.15) is 76.3 Å². The number of aryl methyl sites for hydroxylation is 1. The molecule has 4 nitrogen and oxygen atoms in total. The molecule has 0 spiro atoms. The van der Waals surface area contributed by atoms with E-state index in [2.05, 4.69) is 31.2 Å². The molecule has 1 aliphatic rings. The van der Waals surface area contributed by atoms with Crippen LogP contribution in [0.2, 0.25) is 0 Å². The van der Waals surface area contributed by atoms with Gasteiger partial charge in [0, 0.05) is 36.2 Å². The predicted molar refractivity (Wildman–Crippen MR) is 124 cm³/mol. The molecular formula is C25H38O4S.